The van der Waals surface area contributed by atoms with Gasteiger partial charge in [0, 0.05) is 11.8 Å². The summed E-state index contributed by atoms with van der Waals surface area (Å²) in [7, 11) is 0. The van der Waals surface area contributed by atoms with E-state index >= 15 is 0 Å². The van der Waals surface area contributed by atoms with Gasteiger partial charge in [-0.3, -0.25) is 4.98 Å². The Labute approximate surface area is 171 Å². The highest BCUT2D eigenvalue weighted by Gasteiger charge is 2.10. The molecule has 1 aromatic heterocycles. The lowest BCUT2D eigenvalue weighted by molar-refractivity contribution is 0.864. The van der Waals surface area contributed by atoms with Crippen LogP contribution in [-0.2, 0) is 0 Å². The maximum absolute atomic E-state index is 4.64. The Kier molecular flexibility index (Phi) is 4.37. The molecule has 0 unspecified atom stereocenters. The van der Waals surface area contributed by atoms with E-state index in [-0.39, 0.29) is 0 Å². The van der Waals surface area contributed by atoms with Crippen LogP contribution >= 0.6 is 0 Å². The van der Waals surface area contributed by atoms with E-state index in [1.54, 1.807) is 0 Å². The topological polar surface area (TPSA) is 12.9 Å². The van der Waals surface area contributed by atoms with Gasteiger partial charge in [-0.15, -0.1) is 0 Å². The Balaban J connectivity index is 1.76. The second-order valence-corrected chi connectivity index (χ2v) is 7.90. The molecular formula is C28H23N. The molecule has 0 N–H and O–H groups in total. The van der Waals surface area contributed by atoms with Crippen molar-refractivity contribution in [1.82, 2.24) is 4.98 Å². The van der Waals surface area contributed by atoms with Crippen LogP contribution in [-0.4, -0.2) is 4.98 Å². The van der Waals surface area contributed by atoms with E-state index in [0.29, 0.717) is 5.92 Å². The molecule has 0 aliphatic carbocycles. The number of nitrogens with zero attached hydrogens (tertiary/aromatic N) is 1. The molecule has 1 nitrogen and oxygen atoms in total. The number of benzene rings is 4. The molecular weight excluding hydrogens is 350 g/mol. The summed E-state index contributed by atoms with van der Waals surface area (Å²) in [6.45, 7) is 4.44. The molecule has 4 aromatic carbocycles. The maximum Gasteiger partial charge on any atom is 0.0705 e. The molecule has 0 amide bonds. The van der Waals surface area contributed by atoms with Crippen molar-refractivity contribution in [2.75, 3.05) is 0 Å². The molecule has 0 aliphatic rings. The van der Waals surface area contributed by atoms with Crippen molar-refractivity contribution in [1.29, 1.82) is 0 Å². The van der Waals surface area contributed by atoms with E-state index in [1.165, 1.54) is 38.2 Å². The van der Waals surface area contributed by atoms with Crippen LogP contribution in [0.3, 0.4) is 0 Å². The van der Waals surface area contributed by atoms with Gasteiger partial charge >= 0.3 is 0 Å². The van der Waals surface area contributed by atoms with Gasteiger partial charge < -0.3 is 0 Å². The summed E-state index contributed by atoms with van der Waals surface area (Å²) in [5.74, 6) is 0.492. The van der Waals surface area contributed by atoms with Crippen molar-refractivity contribution in [2.45, 2.75) is 19.8 Å². The van der Waals surface area contributed by atoms with Gasteiger partial charge in [0.05, 0.1) is 5.69 Å². The number of fused-ring (bicyclic) bond motifs is 3. The molecule has 1 heteroatoms. The average Bonchev–Trinajstić information content (AvgIpc) is 2.79. The minimum Gasteiger partial charge on any atom is -0.256 e. The summed E-state index contributed by atoms with van der Waals surface area (Å²) < 4.78 is 0. The van der Waals surface area contributed by atoms with Gasteiger partial charge in [0.25, 0.3) is 0 Å². The van der Waals surface area contributed by atoms with E-state index in [0.717, 1.165) is 11.3 Å². The third-order valence-corrected chi connectivity index (χ3v) is 5.69. The summed E-state index contributed by atoms with van der Waals surface area (Å²) in [6.07, 6.45) is 1.92. The lowest BCUT2D eigenvalue weighted by Crippen LogP contribution is -1.91. The molecule has 29 heavy (non-hydrogen) atoms. The zero-order chi connectivity index (χ0) is 19.8. The number of aromatic nitrogens is 1. The first-order valence-electron chi connectivity index (χ1n) is 10.2. The third-order valence-electron chi connectivity index (χ3n) is 5.69. The van der Waals surface area contributed by atoms with Gasteiger partial charge in [-0.25, -0.2) is 0 Å². The predicted molar refractivity (Wildman–Crippen MR) is 124 cm³/mol. The van der Waals surface area contributed by atoms with E-state index in [2.05, 4.69) is 110 Å². The van der Waals surface area contributed by atoms with Crippen molar-refractivity contribution < 1.29 is 0 Å². The van der Waals surface area contributed by atoms with Crippen LogP contribution in [0.1, 0.15) is 25.3 Å². The largest absolute Gasteiger partial charge is 0.256 e. The summed E-state index contributed by atoms with van der Waals surface area (Å²) in [6, 6.07) is 32.7. The summed E-state index contributed by atoms with van der Waals surface area (Å²) in [5.41, 5.74) is 6.03. The van der Waals surface area contributed by atoms with Crippen LogP contribution in [0.2, 0.25) is 0 Å². The number of pyridine rings is 1. The van der Waals surface area contributed by atoms with Crippen LogP contribution in [0, 0.1) is 0 Å². The fraction of sp³-hybridized carbons (Fsp3) is 0.107. The minimum absolute atomic E-state index is 0.492. The number of hydrogen-bond donors (Lipinski definition) is 0. The van der Waals surface area contributed by atoms with Crippen molar-refractivity contribution >= 4 is 21.5 Å². The summed E-state index contributed by atoms with van der Waals surface area (Å²) >= 11 is 0. The first kappa shape index (κ1) is 17.6. The zero-order valence-electron chi connectivity index (χ0n) is 16.8. The van der Waals surface area contributed by atoms with Crippen molar-refractivity contribution in [2.24, 2.45) is 0 Å². The van der Waals surface area contributed by atoms with Gasteiger partial charge in [0.15, 0.2) is 0 Å². The lowest BCUT2D eigenvalue weighted by atomic mass is 9.92. The number of hydrogen-bond acceptors (Lipinski definition) is 1. The fourth-order valence-electron chi connectivity index (χ4n) is 4.09. The molecule has 5 aromatic rings. The van der Waals surface area contributed by atoms with Crippen LogP contribution in [0.15, 0.2) is 97.2 Å². The SMILES string of the molecule is CC(C)c1ccnc(-c2ccc3c(c2)cc(-c2ccccc2)c2ccccc23)c1. The minimum atomic E-state index is 0.492. The standard InChI is InChI=1S/C28H23N/c1-19(2)21-14-15-29-28(18-21)22-12-13-24-23(16-22)17-27(20-8-4-3-5-9-20)26-11-7-6-10-25(24)26/h3-19H,1-2H3. The highest BCUT2D eigenvalue weighted by atomic mass is 14.7. The van der Waals surface area contributed by atoms with Gasteiger partial charge in [0.2, 0.25) is 0 Å². The van der Waals surface area contributed by atoms with E-state index in [4.69, 9.17) is 0 Å². The fourth-order valence-corrected chi connectivity index (χ4v) is 4.09. The third kappa shape index (κ3) is 3.19. The average molecular weight is 373 g/mol. The molecule has 0 aliphatic heterocycles. The maximum atomic E-state index is 4.64. The van der Waals surface area contributed by atoms with E-state index < -0.39 is 0 Å². The first-order chi connectivity index (χ1) is 14.2. The molecule has 0 bridgehead atoms. The summed E-state index contributed by atoms with van der Waals surface area (Å²) in [4.78, 5) is 4.64. The van der Waals surface area contributed by atoms with Gasteiger partial charge in [-0.05, 0) is 68.4 Å². The van der Waals surface area contributed by atoms with Crippen LogP contribution in [0.4, 0.5) is 0 Å². The van der Waals surface area contributed by atoms with E-state index in [1.807, 2.05) is 6.20 Å². The molecule has 0 saturated carbocycles. The van der Waals surface area contributed by atoms with E-state index in [9.17, 15) is 0 Å². The lowest BCUT2D eigenvalue weighted by Gasteiger charge is -2.13. The monoisotopic (exact) mass is 373 g/mol. The Morgan fingerprint density at radius 3 is 2.17 bits per heavy atom. The Hall–Kier alpha value is -3.45. The molecule has 0 saturated heterocycles. The number of rotatable bonds is 3. The highest BCUT2D eigenvalue weighted by molar-refractivity contribution is 6.14. The second kappa shape index (κ2) is 7.18. The molecule has 5 rings (SSSR count). The summed E-state index contributed by atoms with van der Waals surface area (Å²) in [5, 5.41) is 5.11. The van der Waals surface area contributed by atoms with Gasteiger partial charge in [-0.2, -0.15) is 0 Å². The van der Waals surface area contributed by atoms with Gasteiger partial charge in [0.1, 0.15) is 0 Å². The highest BCUT2D eigenvalue weighted by Crippen LogP contribution is 2.36. The normalized spacial score (nSPS) is 11.4. The molecule has 0 fully saturated rings. The molecule has 0 radical (unpaired) electrons. The van der Waals surface area contributed by atoms with Crippen LogP contribution < -0.4 is 0 Å². The molecule has 140 valence electrons. The van der Waals surface area contributed by atoms with Crippen molar-refractivity contribution in [3.05, 3.63) is 103 Å². The van der Waals surface area contributed by atoms with Crippen LogP contribution in [0.5, 0.6) is 0 Å². The Morgan fingerprint density at radius 1 is 0.621 bits per heavy atom. The smallest absolute Gasteiger partial charge is 0.0705 e. The van der Waals surface area contributed by atoms with Crippen molar-refractivity contribution in [3.8, 4) is 22.4 Å². The van der Waals surface area contributed by atoms with Crippen molar-refractivity contribution in [3.63, 3.8) is 0 Å². The Bertz CT molecular complexity index is 1320. The second-order valence-electron chi connectivity index (χ2n) is 7.90. The first-order valence-corrected chi connectivity index (χ1v) is 10.2. The zero-order valence-corrected chi connectivity index (χ0v) is 16.8. The molecule has 1 heterocycles. The molecule has 0 spiro atoms. The van der Waals surface area contributed by atoms with Gasteiger partial charge in [-0.1, -0.05) is 80.6 Å². The predicted octanol–water partition coefficient (Wildman–Crippen LogP) is 7.85. The quantitative estimate of drug-likeness (QED) is 0.293. The molecule has 0 atom stereocenters. The van der Waals surface area contributed by atoms with Crippen LogP contribution in [0.25, 0.3) is 43.9 Å². The Morgan fingerprint density at radius 2 is 1.38 bits per heavy atom.